The van der Waals surface area contributed by atoms with E-state index in [0.29, 0.717) is 13.1 Å². The number of hydrogen-bond donors (Lipinski definition) is 2. The maximum absolute atomic E-state index is 11.4. The van der Waals surface area contributed by atoms with Gasteiger partial charge in [0.15, 0.2) is 0 Å². The van der Waals surface area contributed by atoms with Crippen LogP contribution in [0.25, 0.3) is 0 Å². The van der Waals surface area contributed by atoms with E-state index in [9.17, 15) is 9.59 Å². The third-order valence-electron chi connectivity index (χ3n) is 2.55. The lowest BCUT2D eigenvalue weighted by Gasteiger charge is -2.05. The molecule has 0 fully saturated rings. The van der Waals surface area contributed by atoms with Crippen LogP contribution in [-0.2, 0) is 13.0 Å². The zero-order valence-electron chi connectivity index (χ0n) is 9.89. The molecule has 0 amide bonds. The van der Waals surface area contributed by atoms with Gasteiger partial charge in [0.2, 0.25) is 0 Å². The summed E-state index contributed by atoms with van der Waals surface area (Å²) in [4.78, 5) is 25.8. The van der Waals surface area contributed by atoms with Crippen LogP contribution >= 0.6 is 11.3 Å². The monoisotopic (exact) mass is 265 g/mol. The molecule has 96 valence electrons. The van der Waals surface area contributed by atoms with E-state index in [0.717, 1.165) is 13.0 Å². The normalized spacial score (nSPS) is 10.7. The zero-order valence-corrected chi connectivity index (χ0v) is 10.7. The number of nitrogens with one attached hydrogen (secondary N) is 2. The first-order valence-corrected chi connectivity index (χ1v) is 6.66. The quantitative estimate of drug-likeness (QED) is 0.744. The van der Waals surface area contributed by atoms with Gasteiger partial charge in [-0.3, -0.25) is 14.3 Å². The summed E-state index contributed by atoms with van der Waals surface area (Å²) in [6.45, 7) is 2.15. The van der Waals surface area contributed by atoms with Crippen LogP contribution in [0.15, 0.2) is 39.4 Å². The Morgan fingerprint density at radius 1 is 1.28 bits per heavy atom. The number of rotatable bonds is 6. The molecule has 0 spiro atoms. The Balaban J connectivity index is 1.72. The topological polar surface area (TPSA) is 66.9 Å². The molecule has 2 heterocycles. The predicted octanol–water partition coefficient (Wildman–Crippen LogP) is 0.430. The van der Waals surface area contributed by atoms with E-state index < -0.39 is 0 Å². The lowest BCUT2D eigenvalue weighted by molar-refractivity contribution is 0.576. The molecule has 0 saturated heterocycles. The number of aromatic amines is 1. The van der Waals surface area contributed by atoms with Gasteiger partial charge in [0.05, 0.1) is 0 Å². The molecular formula is C12H15N3O2S. The van der Waals surface area contributed by atoms with Crippen LogP contribution in [0.3, 0.4) is 0 Å². The molecule has 0 bridgehead atoms. The van der Waals surface area contributed by atoms with Crippen molar-refractivity contribution in [1.82, 2.24) is 14.9 Å². The highest BCUT2D eigenvalue weighted by atomic mass is 32.1. The van der Waals surface area contributed by atoms with E-state index in [4.69, 9.17) is 0 Å². The Bertz CT molecular complexity index is 586. The van der Waals surface area contributed by atoms with Gasteiger partial charge in [-0.1, -0.05) is 6.07 Å². The molecule has 0 unspecified atom stereocenters. The maximum Gasteiger partial charge on any atom is 0.328 e. The van der Waals surface area contributed by atoms with Crippen LogP contribution in [0, 0.1) is 0 Å². The van der Waals surface area contributed by atoms with Crippen molar-refractivity contribution in [3.63, 3.8) is 0 Å². The second-order valence-corrected chi connectivity index (χ2v) is 4.92. The molecule has 2 aromatic heterocycles. The summed E-state index contributed by atoms with van der Waals surface area (Å²) in [6, 6.07) is 5.51. The first-order chi connectivity index (χ1) is 8.75. The Kier molecular flexibility index (Phi) is 4.49. The van der Waals surface area contributed by atoms with Crippen LogP contribution in [0.1, 0.15) is 4.88 Å². The molecule has 2 rings (SSSR count). The molecule has 0 saturated carbocycles. The summed E-state index contributed by atoms with van der Waals surface area (Å²) >= 11 is 1.75. The molecule has 0 aliphatic rings. The van der Waals surface area contributed by atoms with E-state index in [1.165, 1.54) is 21.7 Å². The molecule has 2 N–H and O–H groups in total. The Labute approximate surface area is 108 Å². The molecule has 0 aromatic carbocycles. The van der Waals surface area contributed by atoms with Crippen LogP contribution < -0.4 is 16.6 Å². The van der Waals surface area contributed by atoms with Crippen molar-refractivity contribution in [3.05, 3.63) is 55.5 Å². The summed E-state index contributed by atoms with van der Waals surface area (Å²) in [5.41, 5.74) is -0.718. The van der Waals surface area contributed by atoms with Crippen molar-refractivity contribution in [2.45, 2.75) is 13.0 Å². The molecule has 6 heteroatoms. The number of nitrogens with zero attached hydrogens (tertiary/aromatic N) is 1. The maximum atomic E-state index is 11.4. The highest BCUT2D eigenvalue weighted by Gasteiger charge is 1.96. The second kappa shape index (κ2) is 6.32. The summed E-state index contributed by atoms with van der Waals surface area (Å²) in [6.07, 6.45) is 2.51. The van der Waals surface area contributed by atoms with Crippen molar-refractivity contribution >= 4 is 11.3 Å². The Morgan fingerprint density at radius 2 is 2.17 bits per heavy atom. The van der Waals surface area contributed by atoms with E-state index >= 15 is 0 Å². The van der Waals surface area contributed by atoms with E-state index in [-0.39, 0.29) is 11.2 Å². The van der Waals surface area contributed by atoms with Gasteiger partial charge in [0.25, 0.3) is 5.56 Å². The third-order valence-corrected chi connectivity index (χ3v) is 3.49. The average Bonchev–Trinajstić information content (AvgIpc) is 2.84. The first-order valence-electron chi connectivity index (χ1n) is 5.78. The minimum atomic E-state index is -0.359. The van der Waals surface area contributed by atoms with E-state index in [2.05, 4.69) is 21.7 Å². The molecular weight excluding hydrogens is 250 g/mol. The van der Waals surface area contributed by atoms with Gasteiger partial charge >= 0.3 is 5.69 Å². The van der Waals surface area contributed by atoms with Gasteiger partial charge in [-0.25, -0.2) is 4.79 Å². The van der Waals surface area contributed by atoms with Gasteiger partial charge in [-0.05, 0) is 17.9 Å². The standard InChI is InChI=1S/C12H15N3O2S/c16-11-4-7-15(12(17)14-11)8-6-13-5-3-10-2-1-9-18-10/h1-2,4,7,9,13H,3,5-6,8H2,(H,14,16,17). The SMILES string of the molecule is O=c1ccn(CCNCCc2cccs2)c(=O)[nH]1. The lowest BCUT2D eigenvalue weighted by atomic mass is 10.3. The molecule has 0 radical (unpaired) electrons. The summed E-state index contributed by atoms with van der Waals surface area (Å²) in [5.74, 6) is 0. The fraction of sp³-hybridized carbons (Fsp3) is 0.333. The molecule has 2 aromatic rings. The summed E-state index contributed by atoms with van der Waals surface area (Å²) in [7, 11) is 0. The minimum Gasteiger partial charge on any atom is -0.315 e. The Morgan fingerprint density at radius 3 is 2.89 bits per heavy atom. The highest BCUT2D eigenvalue weighted by Crippen LogP contribution is 2.07. The molecule has 5 nitrogen and oxygen atoms in total. The smallest absolute Gasteiger partial charge is 0.315 e. The van der Waals surface area contributed by atoms with Crippen molar-refractivity contribution in [3.8, 4) is 0 Å². The van der Waals surface area contributed by atoms with Gasteiger partial charge < -0.3 is 5.32 Å². The number of hydrogen-bond acceptors (Lipinski definition) is 4. The first kappa shape index (κ1) is 12.8. The average molecular weight is 265 g/mol. The number of H-pyrrole nitrogens is 1. The predicted molar refractivity (Wildman–Crippen MR) is 72.2 cm³/mol. The lowest BCUT2D eigenvalue weighted by Crippen LogP contribution is -2.32. The molecule has 0 atom stereocenters. The van der Waals surface area contributed by atoms with Gasteiger partial charge in [-0.15, -0.1) is 11.3 Å². The zero-order chi connectivity index (χ0) is 12.8. The highest BCUT2D eigenvalue weighted by molar-refractivity contribution is 7.09. The van der Waals surface area contributed by atoms with Crippen LogP contribution in [-0.4, -0.2) is 22.6 Å². The third kappa shape index (κ3) is 3.68. The van der Waals surface area contributed by atoms with Crippen molar-refractivity contribution in [1.29, 1.82) is 0 Å². The molecule has 0 aliphatic heterocycles. The van der Waals surface area contributed by atoms with Gasteiger partial charge in [-0.2, -0.15) is 0 Å². The molecule has 18 heavy (non-hydrogen) atoms. The van der Waals surface area contributed by atoms with Crippen LogP contribution in [0.5, 0.6) is 0 Å². The van der Waals surface area contributed by atoms with E-state index in [1.54, 1.807) is 11.3 Å². The second-order valence-electron chi connectivity index (χ2n) is 3.88. The number of thiophene rings is 1. The summed E-state index contributed by atoms with van der Waals surface area (Å²) < 4.78 is 1.49. The number of aromatic nitrogens is 2. The van der Waals surface area contributed by atoms with E-state index in [1.807, 2.05) is 6.07 Å². The largest absolute Gasteiger partial charge is 0.328 e. The fourth-order valence-electron chi connectivity index (χ4n) is 1.61. The Hall–Kier alpha value is -1.66. The fourth-order valence-corrected chi connectivity index (χ4v) is 2.32. The van der Waals surface area contributed by atoms with Crippen molar-refractivity contribution in [2.24, 2.45) is 0 Å². The van der Waals surface area contributed by atoms with Gasteiger partial charge in [0.1, 0.15) is 0 Å². The van der Waals surface area contributed by atoms with Crippen LogP contribution in [0.4, 0.5) is 0 Å². The molecule has 0 aliphatic carbocycles. The van der Waals surface area contributed by atoms with Crippen molar-refractivity contribution < 1.29 is 0 Å². The van der Waals surface area contributed by atoms with Gasteiger partial charge in [0, 0.05) is 36.8 Å². The minimum absolute atomic E-state index is 0.359. The van der Waals surface area contributed by atoms with Crippen LogP contribution in [0.2, 0.25) is 0 Å². The summed E-state index contributed by atoms with van der Waals surface area (Å²) in [5, 5.41) is 5.33. The van der Waals surface area contributed by atoms with Crippen molar-refractivity contribution in [2.75, 3.05) is 13.1 Å².